The first-order valence-electron chi connectivity index (χ1n) is 19.6. The molecule has 0 spiro atoms. The number of nitrogens with zero attached hydrogens (tertiary/aromatic N) is 3. The van der Waals surface area contributed by atoms with Gasteiger partial charge >= 0.3 is 0 Å². The molecule has 3 aromatic rings. The lowest BCUT2D eigenvalue weighted by Gasteiger charge is -2.23. The molecule has 2 aromatic heterocycles. The number of pyridine rings is 1. The summed E-state index contributed by atoms with van der Waals surface area (Å²) in [4.78, 5) is 23.1. The van der Waals surface area contributed by atoms with E-state index in [-0.39, 0.29) is 36.5 Å². The molecule has 0 saturated heterocycles. The number of carbonyl (C=O) groups excluding carboxylic acids is 1. The van der Waals surface area contributed by atoms with Gasteiger partial charge in [-0.25, -0.2) is 9.37 Å². The van der Waals surface area contributed by atoms with Crippen LogP contribution >= 0.6 is 0 Å². The average molecular weight is 762 g/mol. The number of alkyl halides is 1. The number of fused-ring (bicyclic) bond motifs is 1. The Bertz CT molecular complexity index is 1660. The Labute approximate surface area is 334 Å². The third kappa shape index (κ3) is 17.6. The molecular weight excluding hydrogens is 689 g/mol. The van der Waals surface area contributed by atoms with Crippen molar-refractivity contribution in [1.29, 1.82) is 0 Å². The van der Waals surface area contributed by atoms with Gasteiger partial charge in [0.1, 0.15) is 11.6 Å². The lowest BCUT2D eigenvalue weighted by Crippen LogP contribution is -2.30. The number of rotatable bonds is 14. The van der Waals surface area contributed by atoms with Crippen LogP contribution in [0.5, 0.6) is 0 Å². The average Bonchev–Trinajstić information content (AvgIpc) is 3.66. The highest BCUT2D eigenvalue weighted by molar-refractivity contribution is 6.02. The molecule has 0 bridgehead atoms. The molecule has 2 atom stereocenters. The highest BCUT2D eigenvalue weighted by Crippen LogP contribution is 2.32. The largest absolute Gasteiger partial charge is 0.351 e. The topological polar surface area (TPSA) is 85.3 Å². The van der Waals surface area contributed by atoms with E-state index in [1.54, 1.807) is 18.2 Å². The molecule has 3 N–H and O–H groups in total. The van der Waals surface area contributed by atoms with Crippen LogP contribution in [0.3, 0.4) is 0 Å². The van der Waals surface area contributed by atoms with Gasteiger partial charge in [-0.15, -0.1) is 26.0 Å². The lowest BCUT2D eigenvalue weighted by molar-refractivity contribution is -0.117. The summed E-state index contributed by atoms with van der Waals surface area (Å²) in [5, 5.41) is 3.56. The van der Waals surface area contributed by atoms with Crippen LogP contribution in [0.25, 0.3) is 16.7 Å². The standard InChI is InChI=1S/C37H48F2N4O.C3H8.C2H6.C2H4.C2H2.CH5N/c1-9-14-30(12-4)41-27(8)25(6)21-28(11-3)37(44)40-23-29(17-19-38)34-22-32(24(5)10-2)26(7)36(42-34)43-20-18-31-33(39)15-13-16-35(31)43;1-3-2;4*1-2/h11-13,15-16,18,20-22,24,29H,9-10,14,17,19,23H2,1-8H3,(H,40,44);3H2,1-2H3;1-2H3;1-2H2;1-2H;2H2,1H3/b25-21-,28-11+,30-12-,41-27+;;;;;. The van der Waals surface area contributed by atoms with Crippen molar-refractivity contribution in [3.63, 3.8) is 0 Å². The zero-order valence-electron chi connectivity index (χ0n) is 36.5. The number of aliphatic imine (C=N–C) groups is 1. The first-order valence-corrected chi connectivity index (χ1v) is 19.6. The van der Waals surface area contributed by atoms with Gasteiger partial charge in [0.15, 0.2) is 0 Å². The Balaban J connectivity index is -0.00000223. The summed E-state index contributed by atoms with van der Waals surface area (Å²) in [6, 6.07) is 8.82. The minimum absolute atomic E-state index is 0.214. The summed E-state index contributed by atoms with van der Waals surface area (Å²) in [5.41, 5.74) is 11.4. The number of nitrogens with one attached hydrogen (secondary N) is 1. The maximum atomic E-state index is 14.5. The molecule has 3 rings (SSSR count). The van der Waals surface area contributed by atoms with Gasteiger partial charge in [-0.05, 0) is 114 Å². The van der Waals surface area contributed by atoms with E-state index < -0.39 is 6.67 Å². The molecule has 0 aliphatic rings. The minimum Gasteiger partial charge on any atom is -0.351 e. The molecule has 8 heteroatoms. The van der Waals surface area contributed by atoms with Crippen molar-refractivity contribution < 1.29 is 13.6 Å². The Morgan fingerprint density at radius 2 is 1.67 bits per heavy atom. The number of terminal acetylenes is 1. The fourth-order valence-corrected chi connectivity index (χ4v) is 5.37. The van der Waals surface area contributed by atoms with Gasteiger partial charge in [0.25, 0.3) is 5.91 Å². The van der Waals surface area contributed by atoms with E-state index in [2.05, 4.69) is 77.7 Å². The van der Waals surface area contributed by atoms with Crippen LogP contribution in [0.15, 0.2) is 89.8 Å². The van der Waals surface area contributed by atoms with E-state index in [1.165, 1.54) is 19.5 Å². The quantitative estimate of drug-likeness (QED) is 0.0564. The fraction of sp³-hybridized carbons (Fsp3) is 0.468. The zero-order valence-corrected chi connectivity index (χ0v) is 36.5. The number of aromatic nitrogens is 2. The van der Waals surface area contributed by atoms with Gasteiger partial charge in [0, 0.05) is 46.7 Å². The van der Waals surface area contributed by atoms with Crippen LogP contribution < -0.4 is 11.1 Å². The Morgan fingerprint density at radius 3 is 2.18 bits per heavy atom. The first kappa shape index (κ1) is 54.7. The van der Waals surface area contributed by atoms with Crippen LogP contribution in [-0.2, 0) is 4.79 Å². The number of benzene rings is 1. The molecule has 2 heterocycles. The maximum absolute atomic E-state index is 14.5. The number of allylic oxidation sites excluding steroid dienone is 4. The van der Waals surface area contributed by atoms with Crippen LogP contribution in [0.1, 0.15) is 137 Å². The second-order valence-corrected chi connectivity index (χ2v) is 12.1. The van der Waals surface area contributed by atoms with Crippen LogP contribution in [0, 0.1) is 25.6 Å². The normalized spacial score (nSPS) is 12.4. The third-order valence-electron chi connectivity index (χ3n) is 8.41. The highest BCUT2D eigenvalue weighted by atomic mass is 19.1. The van der Waals surface area contributed by atoms with Crippen LogP contribution in [0.2, 0.25) is 0 Å². The number of nitrogens with two attached hydrogens (primary N) is 1. The van der Waals surface area contributed by atoms with Gasteiger partial charge in [-0.2, -0.15) is 0 Å². The van der Waals surface area contributed by atoms with Crippen molar-refractivity contribution in [3.8, 4) is 18.7 Å². The van der Waals surface area contributed by atoms with Crippen molar-refractivity contribution in [2.24, 2.45) is 10.7 Å². The molecule has 0 aliphatic carbocycles. The summed E-state index contributed by atoms with van der Waals surface area (Å²) in [7, 11) is 1.50. The van der Waals surface area contributed by atoms with Crippen LogP contribution in [-0.4, -0.2) is 41.4 Å². The van der Waals surface area contributed by atoms with Gasteiger partial charge in [-0.3, -0.25) is 14.2 Å². The summed E-state index contributed by atoms with van der Waals surface area (Å²) < 4.78 is 30.4. The molecule has 0 saturated carbocycles. The fourth-order valence-electron chi connectivity index (χ4n) is 5.37. The number of hydrogen-bond acceptors (Lipinski definition) is 4. The van der Waals surface area contributed by atoms with Gasteiger partial charge in [0.2, 0.25) is 0 Å². The first-order chi connectivity index (χ1) is 26.5. The molecule has 0 aliphatic heterocycles. The molecular formula is C47H73F2N5O. The van der Waals surface area contributed by atoms with Crippen LogP contribution in [0.4, 0.5) is 8.78 Å². The van der Waals surface area contributed by atoms with Crippen molar-refractivity contribution >= 4 is 22.5 Å². The Hall–Kier alpha value is -4.61. The molecule has 0 fully saturated rings. The van der Waals surface area contributed by atoms with E-state index in [0.29, 0.717) is 22.5 Å². The van der Waals surface area contributed by atoms with E-state index in [0.717, 1.165) is 52.9 Å². The second kappa shape index (κ2) is 32.8. The number of amides is 1. The Morgan fingerprint density at radius 1 is 1.07 bits per heavy atom. The third-order valence-corrected chi connectivity index (χ3v) is 8.41. The van der Waals surface area contributed by atoms with Gasteiger partial charge < -0.3 is 15.6 Å². The Kier molecular flexibility index (Phi) is 32.6. The van der Waals surface area contributed by atoms with Crippen molar-refractivity contribution in [1.82, 2.24) is 14.9 Å². The van der Waals surface area contributed by atoms with Gasteiger partial charge in [-0.1, -0.05) is 79.5 Å². The van der Waals surface area contributed by atoms with E-state index >= 15 is 0 Å². The van der Waals surface area contributed by atoms with Crippen molar-refractivity contribution in [3.05, 3.63) is 107 Å². The molecule has 1 amide bonds. The van der Waals surface area contributed by atoms with E-state index in [4.69, 9.17) is 9.98 Å². The molecule has 1 aromatic carbocycles. The lowest BCUT2D eigenvalue weighted by atomic mass is 9.91. The summed E-state index contributed by atoms with van der Waals surface area (Å²) in [5.74, 6) is 0.0680. The molecule has 2 unspecified atom stereocenters. The minimum atomic E-state index is -0.544. The number of halogens is 2. The maximum Gasteiger partial charge on any atom is 0.250 e. The summed E-state index contributed by atoms with van der Waals surface area (Å²) in [6.45, 7) is 30.1. The number of hydrogen-bond donors (Lipinski definition) is 2. The monoisotopic (exact) mass is 762 g/mol. The van der Waals surface area contributed by atoms with Gasteiger partial charge in [0.05, 0.1) is 12.2 Å². The summed E-state index contributed by atoms with van der Waals surface area (Å²) >= 11 is 0. The number of carbonyl (C=O) groups is 1. The second-order valence-electron chi connectivity index (χ2n) is 12.1. The smallest absolute Gasteiger partial charge is 0.250 e. The predicted octanol–water partition coefficient (Wildman–Crippen LogP) is 12.7. The van der Waals surface area contributed by atoms with Crippen molar-refractivity contribution in [2.45, 2.75) is 127 Å². The van der Waals surface area contributed by atoms with Crippen molar-refractivity contribution in [2.75, 3.05) is 20.3 Å². The van der Waals surface area contributed by atoms with E-state index in [9.17, 15) is 13.6 Å². The zero-order chi connectivity index (χ0) is 43.1. The summed E-state index contributed by atoms with van der Waals surface area (Å²) in [6.07, 6.45) is 19.8. The molecule has 6 nitrogen and oxygen atoms in total. The predicted molar refractivity (Wildman–Crippen MR) is 239 cm³/mol. The molecule has 306 valence electrons. The highest BCUT2D eigenvalue weighted by Gasteiger charge is 2.22. The molecule has 0 radical (unpaired) electrons. The molecule has 55 heavy (non-hydrogen) atoms. The van der Waals surface area contributed by atoms with E-state index in [1.807, 2.05) is 77.4 Å². The SMILES string of the molecule is C#C.C=C.CC.CCC.CN.C\C=C(CCC)/N=C(C)/C(C)=C\C(=C/C)C(=O)NCC(CCF)c1cc(C(C)CC)c(C)c(-n2ccc3c(F)cccc32)n1.